The second kappa shape index (κ2) is 39.0. The molecule has 4 rings (SSSR count). The van der Waals surface area contributed by atoms with Crippen molar-refractivity contribution < 1.29 is 0 Å². The highest BCUT2D eigenvalue weighted by atomic mass is 15.0. The summed E-state index contributed by atoms with van der Waals surface area (Å²) in [5.41, 5.74) is 2.27. The van der Waals surface area contributed by atoms with Crippen LogP contribution in [0.5, 0.6) is 0 Å². The van der Waals surface area contributed by atoms with Crippen LogP contribution < -0.4 is 21.3 Å². The first-order chi connectivity index (χ1) is 23.2. The van der Waals surface area contributed by atoms with Crippen molar-refractivity contribution in [1.82, 2.24) is 19.9 Å². The Bertz CT molecular complexity index is 911. The normalized spacial score (nSPS) is 8.75. The van der Waals surface area contributed by atoms with Gasteiger partial charge in [0.1, 0.15) is 11.6 Å². The van der Waals surface area contributed by atoms with Crippen molar-refractivity contribution in [2.24, 2.45) is 0 Å². The maximum atomic E-state index is 4.11. The maximum Gasteiger partial charge on any atom is 0.144 e. The molecule has 0 amide bonds. The number of rotatable bonds is 8. The van der Waals surface area contributed by atoms with Crippen LogP contribution in [0.1, 0.15) is 111 Å². The Labute approximate surface area is 296 Å². The second-order valence-corrected chi connectivity index (χ2v) is 10.1. The summed E-state index contributed by atoms with van der Waals surface area (Å²) in [4.78, 5) is 16.0. The fourth-order valence-electron chi connectivity index (χ4n) is 3.06. The molecule has 0 saturated carbocycles. The van der Waals surface area contributed by atoms with Gasteiger partial charge >= 0.3 is 0 Å². The highest BCUT2D eigenvalue weighted by Gasteiger charge is 1.94. The van der Waals surface area contributed by atoms with Crippen molar-refractivity contribution in [2.75, 3.05) is 21.3 Å². The monoisotopic (exact) mass is 665 g/mol. The highest BCUT2D eigenvalue weighted by molar-refractivity contribution is 5.43. The van der Waals surface area contributed by atoms with Crippen LogP contribution in [-0.2, 0) is 0 Å². The minimum absolute atomic E-state index is 0.414. The number of nitrogens with zero attached hydrogens (tertiary/aromatic N) is 4. The molecule has 0 atom stereocenters. The smallest absolute Gasteiger partial charge is 0.144 e. The summed E-state index contributed by atoms with van der Waals surface area (Å²) in [7, 11) is 0. The lowest BCUT2D eigenvalue weighted by Gasteiger charge is -2.08. The summed E-state index contributed by atoms with van der Waals surface area (Å²) in [5.74, 6) is 1.77. The molecule has 3 aromatic heterocycles. The van der Waals surface area contributed by atoms with E-state index in [1.165, 1.54) is 5.69 Å². The van der Waals surface area contributed by atoms with Crippen LogP contribution in [0, 0.1) is 0 Å². The summed E-state index contributed by atoms with van der Waals surface area (Å²) in [5, 5.41) is 12.9. The van der Waals surface area contributed by atoms with Gasteiger partial charge in [-0.1, -0.05) is 79.7 Å². The molecule has 8 heteroatoms. The molecule has 4 N–H and O–H groups in total. The molecule has 0 spiro atoms. The summed E-state index contributed by atoms with van der Waals surface area (Å²) in [6.07, 6.45) is 10.4. The summed E-state index contributed by atoms with van der Waals surface area (Å²) >= 11 is 0. The molecule has 0 aliphatic heterocycles. The molecule has 4 aromatic rings. The van der Waals surface area contributed by atoms with Crippen LogP contribution in [-0.4, -0.2) is 44.1 Å². The minimum atomic E-state index is 0.414. The second-order valence-electron chi connectivity index (χ2n) is 10.1. The molecule has 0 saturated heterocycles. The van der Waals surface area contributed by atoms with E-state index in [0.717, 1.165) is 17.3 Å². The zero-order valence-electron chi connectivity index (χ0n) is 33.3. The first kappa shape index (κ1) is 50.7. The first-order valence-corrected chi connectivity index (χ1v) is 17.8. The van der Waals surface area contributed by atoms with Crippen molar-refractivity contribution in [1.29, 1.82) is 0 Å². The van der Waals surface area contributed by atoms with Crippen molar-refractivity contribution >= 4 is 23.0 Å². The van der Waals surface area contributed by atoms with Gasteiger partial charge in [0, 0.05) is 60.8 Å². The van der Waals surface area contributed by atoms with E-state index in [0.29, 0.717) is 24.2 Å². The lowest BCUT2D eigenvalue weighted by molar-refractivity contribution is 0.885. The third-order valence-electron chi connectivity index (χ3n) is 4.45. The van der Waals surface area contributed by atoms with Gasteiger partial charge < -0.3 is 21.3 Å². The van der Waals surface area contributed by atoms with E-state index in [1.54, 1.807) is 31.0 Å². The SMILES string of the molecule is CC.CC.CC.CC.CC(C)Nc1ccccc1.CC(C)Nc1ccccn1.CC(C)Nc1cccnc1.CC(C)Nc1cnccn1. The Morgan fingerprint density at radius 2 is 0.812 bits per heavy atom. The number of hydrogen-bond donors (Lipinski definition) is 4. The van der Waals surface area contributed by atoms with E-state index in [2.05, 4.69) is 109 Å². The van der Waals surface area contributed by atoms with Crippen LogP contribution in [0.15, 0.2) is 97.8 Å². The molecule has 1 aromatic carbocycles. The molecule has 0 radical (unpaired) electrons. The highest BCUT2D eigenvalue weighted by Crippen LogP contribution is 2.06. The maximum absolute atomic E-state index is 4.11. The Hall–Kier alpha value is -4.20. The van der Waals surface area contributed by atoms with E-state index in [-0.39, 0.29) is 0 Å². The Balaban J connectivity index is -0.000000251. The van der Waals surface area contributed by atoms with Gasteiger partial charge in [0.25, 0.3) is 0 Å². The van der Waals surface area contributed by atoms with E-state index >= 15 is 0 Å². The van der Waals surface area contributed by atoms with E-state index < -0.39 is 0 Å². The van der Waals surface area contributed by atoms with Crippen LogP contribution in [0.3, 0.4) is 0 Å². The molecule has 0 fully saturated rings. The van der Waals surface area contributed by atoms with Crippen molar-refractivity contribution in [3.63, 3.8) is 0 Å². The number of aromatic nitrogens is 4. The quantitative estimate of drug-likeness (QED) is 0.148. The average Bonchev–Trinajstić information content (AvgIpc) is 3.10. The molecule has 3 heterocycles. The molecule has 0 bridgehead atoms. The van der Waals surface area contributed by atoms with Crippen molar-refractivity contribution in [2.45, 2.75) is 135 Å². The number of benzene rings is 1. The number of nitrogens with one attached hydrogen (secondary N) is 4. The summed E-state index contributed by atoms with van der Waals surface area (Å²) < 4.78 is 0. The minimum Gasteiger partial charge on any atom is -0.383 e. The topological polar surface area (TPSA) is 99.7 Å². The zero-order chi connectivity index (χ0) is 37.6. The lowest BCUT2D eigenvalue weighted by Crippen LogP contribution is -2.10. The van der Waals surface area contributed by atoms with Gasteiger partial charge in [-0.25, -0.2) is 9.97 Å². The van der Waals surface area contributed by atoms with Gasteiger partial charge in [-0.2, -0.15) is 0 Å². The average molecular weight is 665 g/mol. The predicted molar refractivity (Wildman–Crippen MR) is 217 cm³/mol. The van der Waals surface area contributed by atoms with Gasteiger partial charge in [-0.15, -0.1) is 0 Å². The lowest BCUT2D eigenvalue weighted by atomic mass is 10.3. The Morgan fingerprint density at radius 3 is 1.23 bits per heavy atom. The van der Waals surface area contributed by atoms with Crippen molar-refractivity contribution in [3.8, 4) is 0 Å². The number of pyridine rings is 2. The van der Waals surface area contributed by atoms with Gasteiger partial charge in [-0.05, 0) is 91.8 Å². The van der Waals surface area contributed by atoms with Gasteiger partial charge in [-0.3, -0.25) is 9.97 Å². The van der Waals surface area contributed by atoms with Gasteiger partial charge in [0.05, 0.1) is 11.9 Å². The molecule has 8 nitrogen and oxygen atoms in total. The van der Waals surface area contributed by atoms with E-state index in [9.17, 15) is 0 Å². The number of hydrogen-bond acceptors (Lipinski definition) is 8. The molecule has 48 heavy (non-hydrogen) atoms. The molecule has 0 aliphatic carbocycles. The van der Waals surface area contributed by atoms with Crippen LogP contribution in [0.4, 0.5) is 23.0 Å². The van der Waals surface area contributed by atoms with Crippen LogP contribution in [0.25, 0.3) is 0 Å². The fourth-order valence-corrected chi connectivity index (χ4v) is 3.06. The fraction of sp³-hybridized carbons (Fsp3) is 0.500. The Morgan fingerprint density at radius 1 is 0.375 bits per heavy atom. The Kier molecular flexibility index (Phi) is 41.1. The first-order valence-electron chi connectivity index (χ1n) is 17.8. The van der Waals surface area contributed by atoms with Crippen molar-refractivity contribution in [3.05, 3.63) is 97.8 Å². The largest absolute Gasteiger partial charge is 0.383 e. The van der Waals surface area contributed by atoms with E-state index in [4.69, 9.17) is 0 Å². The molecule has 0 unspecified atom stereocenters. The third-order valence-corrected chi connectivity index (χ3v) is 4.45. The molecule has 0 aliphatic rings. The third kappa shape index (κ3) is 36.3. The molecular formula is C40H72N8. The summed E-state index contributed by atoms with van der Waals surface area (Å²) in [6, 6.07) is 21.8. The summed E-state index contributed by atoms with van der Waals surface area (Å²) in [6.45, 7) is 32.8. The number of anilines is 4. The van der Waals surface area contributed by atoms with E-state index in [1.807, 2.05) is 110 Å². The van der Waals surface area contributed by atoms with Crippen LogP contribution in [0.2, 0.25) is 0 Å². The van der Waals surface area contributed by atoms with Gasteiger partial charge in [0.15, 0.2) is 0 Å². The standard InChI is InChI=1S/C9H13N.2C8H12N2.C7H11N3.4C2H6/c1-8(2)10-9-6-4-3-5-7-9;1-7(2)10-8-4-3-5-9-6-8;1-7(2)10-8-5-3-4-6-9-8;1-6(2)10-7-5-8-3-4-9-7;4*1-2/h3-8,10H,1-2H3;3-7,10H,1-2H3;3-7H,1-2H3,(H,9,10);3-6H,1-2H3,(H,9,10);4*1-2H3. The van der Waals surface area contributed by atoms with Crippen LogP contribution >= 0.6 is 0 Å². The predicted octanol–water partition coefficient (Wildman–Crippen LogP) is 11.7. The van der Waals surface area contributed by atoms with Gasteiger partial charge in [0.2, 0.25) is 0 Å². The number of para-hydroxylation sites is 1. The molecule has 272 valence electrons. The molecular weight excluding hydrogens is 592 g/mol. The zero-order valence-corrected chi connectivity index (χ0v) is 33.3.